The van der Waals surface area contributed by atoms with E-state index in [1.54, 1.807) is 147 Å². The predicted molar refractivity (Wildman–Crippen MR) is 376 cm³/mol. The highest BCUT2D eigenvalue weighted by atomic mass is 32.1. The van der Waals surface area contributed by atoms with Gasteiger partial charge in [-0.1, -0.05) is 18.2 Å². The fourth-order valence-corrected chi connectivity index (χ4v) is 14.1. The number of hydrogen-bond acceptors (Lipinski definition) is 12. The first-order valence-electron chi connectivity index (χ1n) is 31.0. The summed E-state index contributed by atoms with van der Waals surface area (Å²) in [6.07, 6.45) is 2.42. The standard InChI is InChI=1S/2C24H25FN4O2S.C23H23FN4O2S/c2*1-15-12-16(6-8-20(15)26-4)28-22(30)24(2,3)29(23(28)32)17-7-9-21(19(25)13-17)31-18-10-11-27(5)14-18;1-14-11-15(5-7-19(14)25-4)27-21(29)23(2,3)28(22(27)31)16-6-8-20(18(24)12-16)30-17-9-10-26-13-17/h2*6-9,12-13,18H,10-11,14H2,1-3,5H3;5-8,11-12,17,26H,9-10,13H2,1-3H3. The Morgan fingerprint density at radius 3 is 0.989 bits per heavy atom. The average molecular weight is 1340 g/mol. The van der Waals surface area contributed by atoms with Crippen molar-refractivity contribution < 1.29 is 41.8 Å². The molecule has 492 valence electrons. The summed E-state index contributed by atoms with van der Waals surface area (Å²) in [6, 6.07) is 29.5. The topological polar surface area (TPSA) is 130 Å². The molecule has 0 bridgehead atoms. The third-order valence-corrected chi connectivity index (χ3v) is 18.9. The lowest BCUT2D eigenvalue weighted by Gasteiger charge is -2.29. The highest BCUT2D eigenvalue weighted by Crippen LogP contribution is 2.43. The molecule has 0 spiro atoms. The summed E-state index contributed by atoms with van der Waals surface area (Å²) >= 11 is 17.0. The molecule has 0 aliphatic carbocycles. The number of likely N-dealkylation sites (tertiary alicyclic amines) is 2. The lowest BCUT2D eigenvalue weighted by molar-refractivity contribution is -0.121. The fraction of sp³-hybridized carbons (Fsp3) is 0.366. The van der Waals surface area contributed by atoms with Gasteiger partial charge in [0.1, 0.15) is 34.9 Å². The minimum Gasteiger partial charge on any atom is -0.486 e. The normalized spacial score (nSPS) is 20.6. The van der Waals surface area contributed by atoms with Gasteiger partial charge in [-0.3, -0.25) is 29.1 Å². The summed E-state index contributed by atoms with van der Waals surface area (Å²) in [5.74, 6) is -1.53. The summed E-state index contributed by atoms with van der Waals surface area (Å²) in [7, 11) is 4.03. The number of rotatable bonds is 12. The van der Waals surface area contributed by atoms with Gasteiger partial charge in [0.05, 0.1) is 19.7 Å². The molecule has 6 aliphatic heterocycles. The number of carbonyl (C=O) groups is 3. The molecule has 3 amide bonds. The maximum atomic E-state index is 15.0. The van der Waals surface area contributed by atoms with Gasteiger partial charge in [0.25, 0.3) is 17.7 Å². The molecule has 3 atom stereocenters. The van der Waals surface area contributed by atoms with E-state index in [0.29, 0.717) is 57.7 Å². The summed E-state index contributed by atoms with van der Waals surface area (Å²) < 4.78 is 62.2. The molecule has 6 heterocycles. The molecule has 6 aromatic rings. The van der Waals surface area contributed by atoms with Crippen molar-refractivity contribution in [2.24, 2.45) is 0 Å². The Labute approximate surface area is 568 Å². The van der Waals surface area contributed by atoms with Crippen molar-refractivity contribution in [1.29, 1.82) is 0 Å². The van der Waals surface area contributed by atoms with Gasteiger partial charge in [0.2, 0.25) is 0 Å². The summed E-state index contributed by atoms with van der Waals surface area (Å²) in [4.78, 5) is 64.0. The second kappa shape index (κ2) is 27.3. The van der Waals surface area contributed by atoms with Crippen molar-refractivity contribution in [1.82, 2.24) is 15.1 Å². The molecule has 3 unspecified atom stereocenters. The molecule has 95 heavy (non-hydrogen) atoms. The van der Waals surface area contributed by atoms with E-state index in [1.807, 2.05) is 34.9 Å². The van der Waals surface area contributed by atoms with Crippen molar-refractivity contribution in [3.63, 3.8) is 0 Å². The maximum Gasteiger partial charge on any atom is 0.259 e. The maximum absolute atomic E-state index is 15.0. The second-order valence-electron chi connectivity index (χ2n) is 25.9. The van der Waals surface area contributed by atoms with Gasteiger partial charge in [-0.05, 0) is 228 Å². The first-order chi connectivity index (χ1) is 45.0. The minimum atomic E-state index is -1.01. The SMILES string of the molecule is [C-]#[N+]c1ccc(N2C(=O)C(C)(C)N(c3ccc(OC4CCN(C)C4)c(F)c3)C2=S)cc1C.[C-]#[N+]c1ccc(N2C(=O)C(C)(C)N(c3ccc(OC4CCN(C)C4)c(F)c3)C2=S)cc1C.[C-]#[N+]c1ccc(N2C(=O)C(C)(C)N(c3ccc(OC4CCNC4)c(F)c3)C2=S)cc1C. The van der Waals surface area contributed by atoms with E-state index >= 15 is 0 Å². The van der Waals surface area contributed by atoms with Gasteiger partial charge in [-0.15, -0.1) is 0 Å². The van der Waals surface area contributed by atoms with Crippen LogP contribution in [0.5, 0.6) is 17.2 Å². The van der Waals surface area contributed by atoms with Crippen molar-refractivity contribution in [2.75, 3.05) is 82.8 Å². The van der Waals surface area contributed by atoms with Crippen LogP contribution in [-0.4, -0.2) is 131 Å². The summed E-state index contributed by atoms with van der Waals surface area (Å²) in [6.45, 7) is 42.6. The molecule has 0 aromatic heterocycles. The van der Waals surface area contributed by atoms with E-state index in [1.165, 1.54) is 32.9 Å². The third-order valence-electron chi connectivity index (χ3n) is 17.8. The van der Waals surface area contributed by atoms with Gasteiger partial charge in [0, 0.05) is 85.0 Å². The molecule has 0 saturated carbocycles. The van der Waals surface area contributed by atoms with Crippen LogP contribution < -0.4 is 48.9 Å². The number of benzene rings is 6. The molecule has 1 N–H and O–H groups in total. The van der Waals surface area contributed by atoms with Crippen LogP contribution in [0.1, 0.15) is 77.5 Å². The number of anilines is 6. The zero-order valence-electron chi connectivity index (χ0n) is 54.7. The molecular weight excluding hydrogens is 1270 g/mol. The Kier molecular flexibility index (Phi) is 19.8. The number of likely N-dealkylation sites (N-methyl/N-ethyl adjacent to an activating group) is 2. The Hall–Kier alpha value is -9.06. The number of thiocarbonyl (C=S) groups is 3. The average Bonchev–Trinajstić information content (AvgIpc) is 1.61. The number of nitrogens with one attached hydrogen (secondary N) is 1. The van der Waals surface area contributed by atoms with Crippen LogP contribution in [0.25, 0.3) is 14.5 Å². The van der Waals surface area contributed by atoms with Gasteiger partial charge in [-0.2, -0.15) is 0 Å². The molecule has 18 nitrogen and oxygen atoms in total. The molecule has 6 aliphatic rings. The van der Waals surface area contributed by atoms with Gasteiger partial charge in [-0.25, -0.2) is 27.7 Å². The van der Waals surface area contributed by atoms with Crippen molar-refractivity contribution in [3.05, 3.63) is 178 Å². The zero-order chi connectivity index (χ0) is 68.7. The molecule has 6 saturated heterocycles. The predicted octanol–water partition coefficient (Wildman–Crippen LogP) is 13.7. The Morgan fingerprint density at radius 2 is 0.747 bits per heavy atom. The van der Waals surface area contributed by atoms with Gasteiger partial charge < -0.3 is 44.0 Å². The number of aryl methyl sites for hydroxylation is 3. The van der Waals surface area contributed by atoms with Crippen molar-refractivity contribution >= 4 is 121 Å². The largest absolute Gasteiger partial charge is 0.486 e. The third kappa shape index (κ3) is 13.5. The molecule has 6 fully saturated rings. The van der Waals surface area contributed by atoms with Crippen LogP contribution >= 0.6 is 36.7 Å². The van der Waals surface area contributed by atoms with Crippen LogP contribution in [-0.2, 0) is 14.4 Å². The molecule has 6 aromatic carbocycles. The van der Waals surface area contributed by atoms with Crippen molar-refractivity contribution in [2.45, 2.75) is 117 Å². The summed E-state index contributed by atoms with van der Waals surface area (Å²) in [5.41, 5.74) is 4.04. The quantitative estimate of drug-likeness (QED) is 0.0921. The number of halogens is 3. The smallest absolute Gasteiger partial charge is 0.259 e. The van der Waals surface area contributed by atoms with E-state index in [2.05, 4.69) is 29.7 Å². The van der Waals surface area contributed by atoms with Crippen LogP contribution in [0, 0.1) is 57.9 Å². The highest BCUT2D eigenvalue weighted by molar-refractivity contribution is 7.81. The molecular formula is C71H73F3N12O6S3. The number of nitrogens with zero attached hydrogens (tertiary/aromatic N) is 11. The van der Waals surface area contributed by atoms with Crippen molar-refractivity contribution in [3.8, 4) is 17.2 Å². The Morgan fingerprint density at radius 1 is 0.453 bits per heavy atom. The molecule has 12 rings (SSSR count). The van der Waals surface area contributed by atoms with Crippen LogP contribution in [0.4, 0.5) is 64.4 Å². The second-order valence-corrected chi connectivity index (χ2v) is 27.0. The number of carbonyl (C=O) groups excluding carboxylic acids is 3. The van der Waals surface area contributed by atoms with Crippen LogP contribution in [0.3, 0.4) is 0 Å². The Bertz CT molecular complexity index is 4060. The van der Waals surface area contributed by atoms with Crippen LogP contribution in [0.15, 0.2) is 109 Å². The first kappa shape index (κ1) is 68.8. The minimum absolute atomic E-state index is 0.0385. The summed E-state index contributed by atoms with van der Waals surface area (Å²) in [5, 5.41) is 3.98. The monoisotopic (exact) mass is 1340 g/mol. The lowest BCUT2D eigenvalue weighted by Crippen LogP contribution is -2.44. The van der Waals surface area contributed by atoms with E-state index in [-0.39, 0.29) is 68.6 Å². The van der Waals surface area contributed by atoms with Gasteiger partial charge >= 0.3 is 0 Å². The first-order valence-corrected chi connectivity index (χ1v) is 32.2. The highest BCUT2D eigenvalue weighted by Gasteiger charge is 2.53. The molecule has 24 heteroatoms. The number of ether oxygens (including phenoxy) is 3. The Balaban J connectivity index is 0.000000155. The number of amides is 3. The van der Waals surface area contributed by atoms with E-state index in [0.717, 1.165) is 68.7 Å². The van der Waals surface area contributed by atoms with E-state index in [4.69, 9.17) is 70.6 Å². The zero-order valence-corrected chi connectivity index (χ0v) is 57.2. The molecule has 0 radical (unpaired) electrons. The fourth-order valence-electron chi connectivity index (χ4n) is 12.5. The van der Waals surface area contributed by atoms with Gasteiger partial charge in [0.15, 0.2) is 67.1 Å². The van der Waals surface area contributed by atoms with Crippen LogP contribution in [0.2, 0.25) is 0 Å². The van der Waals surface area contributed by atoms with E-state index in [9.17, 15) is 27.6 Å². The number of hydrogen-bond donors (Lipinski definition) is 1. The lowest BCUT2D eigenvalue weighted by atomic mass is 10.0. The van der Waals surface area contributed by atoms with E-state index < -0.39 is 34.1 Å².